The van der Waals surface area contributed by atoms with Crippen molar-refractivity contribution >= 4 is 16.9 Å². The molecule has 2 heterocycles. The van der Waals surface area contributed by atoms with E-state index < -0.39 is 0 Å². The number of aryl methyl sites for hydroxylation is 1. The highest BCUT2D eigenvalue weighted by atomic mass is 16.5. The van der Waals surface area contributed by atoms with Gasteiger partial charge in [-0.05, 0) is 32.1 Å². The van der Waals surface area contributed by atoms with Crippen LogP contribution in [0.2, 0.25) is 0 Å². The summed E-state index contributed by atoms with van der Waals surface area (Å²) in [6, 6.07) is 3.95. The molecule has 136 valence electrons. The Morgan fingerprint density at radius 2 is 2.12 bits per heavy atom. The van der Waals surface area contributed by atoms with Gasteiger partial charge in [-0.2, -0.15) is 0 Å². The number of fused-ring (bicyclic) bond motifs is 3. The Labute approximate surface area is 148 Å². The molecule has 1 aromatic carbocycles. The van der Waals surface area contributed by atoms with Crippen LogP contribution in [0.5, 0.6) is 5.75 Å². The van der Waals surface area contributed by atoms with Crippen molar-refractivity contribution < 1.29 is 14.3 Å². The van der Waals surface area contributed by atoms with Crippen LogP contribution < -0.4 is 4.74 Å². The highest BCUT2D eigenvalue weighted by molar-refractivity contribution is 6.07. The van der Waals surface area contributed by atoms with Crippen molar-refractivity contribution in [2.75, 3.05) is 40.0 Å². The molecule has 25 heavy (non-hydrogen) atoms. The Morgan fingerprint density at radius 1 is 1.36 bits per heavy atom. The summed E-state index contributed by atoms with van der Waals surface area (Å²) < 4.78 is 11.0. The second-order valence-electron chi connectivity index (χ2n) is 6.43. The lowest BCUT2D eigenvalue weighted by atomic mass is 10.0. The molecule has 1 aliphatic rings. The van der Waals surface area contributed by atoms with E-state index in [9.17, 15) is 4.79 Å². The Morgan fingerprint density at radius 3 is 2.80 bits per heavy atom. The molecule has 0 atom stereocenters. The van der Waals surface area contributed by atoms with E-state index in [1.165, 1.54) is 7.11 Å². The zero-order valence-corrected chi connectivity index (χ0v) is 15.5. The fraction of sp³-hybridized carbons (Fsp3) is 0.526. The topological polar surface area (TPSA) is 57.8 Å². The highest BCUT2D eigenvalue weighted by Gasteiger charge is 2.25. The summed E-state index contributed by atoms with van der Waals surface area (Å²) >= 11 is 0. The lowest BCUT2D eigenvalue weighted by Crippen LogP contribution is -2.38. The molecule has 2 aromatic rings. The summed E-state index contributed by atoms with van der Waals surface area (Å²) in [6.07, 6.45) is 0. The SMILES string of the molecule is CCN(CC)CCN1COc2ccc3[nH]c(C)c(C(=O)OC)c3c2C1. The molecule has 0 saturated heterocycles. The third kappa shape index (κ3) is 3.37. The molecule has 0 saturated carbocycles. The van der Waals surface area contributed by atoms with Gasteiger partial charge in [0, 0.05) is 41.8 Å². The number of methoxy groups -OCH3 is 1. The normalized spacial score (nSPS) is 14.6. The molecule has 1 N–H and O–H groups in total. The molecule has 3 rings (SSSR count). The maximum absolute atomic E-state index is 12.3. The van der Waals surface area contributed by atoms with Gasteiger partial charge in [-0.1, -0.05) is 13.8 Å². The van der Waals surface area contributed by atoms with E-state index in [-0.39, 0.29) is 5.97 Å². The third-order valence-electron chi connectivity index (χ3n) is 5.02. The van der Waals surface area contributed by atoms with Crippen molar-refractivity contribution in [3.63, 3.8) is 0 Å². The van der Waals surface area contributed by atoms with Gasteiger partial charge in [-0.25, -0.2) is 4.79 Å². The zero-order valence-electron chi connectivity index (χ0n) is 15.5. The quantitative estimate of drug-likeness (QED) is 0.816. The van der Waals surface area contributed by atoms with Gasteiger partial charge in [0.15, 0.2) is 0 Å². The number of benzene rings is 1. The molecule has 0 radical (unpaired) electrons. The number of rotatable bonds is 6. The van der Waals surface area contributed by atoms with Crippen LogP contribution in [-0.4, -0.2) is 60.8 Å². The molecule has 6 nitrogen and oxygen atoms in total. The number of nitrogens with one attached hydrogen (secondary N) is 1. The number of likely N-dealkylation sites (N-methyl/N-ethyl adjacent to an activating group) is 1. The average molecular weight is 345 g/mol. The minimum atomic E-state index is -0.308. The minimum absolute atomic E-state index is 0.308. The number of aromatic nitrogens is 1. The molecule has 0 amide bonds. The monoisotopic (exact) mass is 345 g/mol. The van der Waals surface area contributed by atoms with Gasteiger partial charge in [0.1, 0.15) is 12.5 Å². The van der Waals surface area contributed by atoms with Crippen LogP contribution in [0.1, 0.15) is 35.5 Å². The molecule has 1 aliphatic heterocycles. The number of hydrogen-bond donors (Lipinski definition) is 1. The number of H-pyrrole nitrogens is 1. The smallest absolute Gasteiger partial charge is 0.340 e. The maximum atomic E-state index is 12.3. The first-order valence-corrected chi connectivity index (χ1v) is 8.89. The van der Waals surface area contributed by atoms with Gasteiger partial charge in [0.05, 0.1) is 12.7 Å². The van der Waals surface area contributed by atoms with E-state index in [1.54, 1.807) is 0 Å². The van der Waals surface area contributed by atoms with Crippen LogP contribution in [0, 0.1) is 6.92 Å². The zero-order chi connectivity index (χ0) is 18.0. The average Bonchev–Trinajstić information content (AvgIpc) is 2.98. The predicted molar refractivity (Wildman–Crippen MR) is 98.1 cm³/mol. The number of nitrogens with zero attached hydrogens (tertiary/aromatic N) is 2. The largest absolute Gasteiger partial charge is 0.478 e. The Hall–Kier alpha value is -2.05. The van der Waals surface area contributed by atoms with Crippen LogP contribution >= 0.6 is 0 Å². The highest BCUT2D eigenvalue weighted by Crippen LogP contribution is 2.35. The first-order chi connectivity index (χ1) is 12.1. The number of carbonyl (C=O) groups is 1. The summed E-state index contributed by atoms with van der Waals surface area (Å²) in [7, 11) is 1.42. The number of carbonyl (C=O) groups excluding carboxylic acids is 1. The van der Waals surface area contributed by atoms with E-state index >= 15 is 0 Å². The molecule has 1 aromatic heterocycles. The number of aromatic amines is 1. The summed E-state index contributed by atoms with van der Waals surface area (Å²) in [4.78, 5) is 20.2. The van der Waals surface area contributed by atoms with Crippen molar-refractivity contribution in [3.8, 4) is 5.75 Å². The standard InChI is InChI=1S/C19H27N3O3/c1-5-21(6-2)9-10-22-11-14-16(25-12-22)8-7-15-18(14)17(13(3)20-15)19(23)24-4/h7-8,20H,5-6,9-12H2,1-4H3. The molecular weight excluding hydrogens is 318 g/mol. The molecule has 6 heteroatoms. The van der Waals surface area contributed by atoms with Crippen LogP contribution in [0.3, 0.4) is 0 Å². The van der Waals surface area contributed by atoms with Crippen molar-refractivity contribution in [3.05, 3.63) is 29.0 Å². The van der Waals surface area contributed by atoms with Gasteiger partial charge in [-0.3, -0.25) is 4.90 Å². The lowest BCUT2D eigenvalue weighted by Gasteiger charge is -2.31. The molecule has 0 fully saturated rings. The summed E-state index contributed by atoms with van der Waals surface area (Å²) in [6.45, 7) is 11.7. The van der Waals surface area contributed by atoms with Crippen molar-refractivity contribution in [2.45, 2.75) is 27.3 Å². The molecule has 0 aliphatic carbocycles. The summed E-state index contributed by atoms with van der Waals surface area (Å²) in [5, 5.41) is 0.925. The predicted octanol–water partition coefficient (Wildman–Crippen LogP) is 2.76. The van der Waals surface area contributed by atoms with Crippen LogP contribution in [0.15, 0.2) is 12.1 Å². The van der Waals surface area contributed by atoms with Gasteiger partial charge in [0.25, 0.3) is 0 Å². The third-order valence-corrected chi connectivity index (χ3v) is 5.02. The van der Waals surface area contributed by atoms with Crippen LogP contribution in [0.25, 0.3) is 10.9 Å². The van der Waals surface area contributed by atoms with Gasteiger partial charge in [0.2, 0.25) is 0 Å². The maximum Gasteiger partial charge on any atom is 0.340 e. The van der Waals surface area contributed by atoms with Crippen molar-refractivity contribution in [1.82, 2.24) is 14.8 Å². The summed E-state index contributed by atoms with van der Waals surface area (Å²) in [5.74, 6) is 0.549. The van der Waals surface area contributed by atoms with Crippen LogP contribution in [-0.2, 0) is 11.3 Å². The van der Waals surface area contributed by atoms with Crippen molar-refractivity contribution in [1.29, 1.82) is 0 Å². The van der Waals surface area contributed by atoms with Crippen molar-refractivity contribution in [2.24, 2.45) is 0 Å². The Bertz CT molecular complexity index is 765. The van der Waals surface area contributed by atoms with Crippen LogP contribution in [0.4, 0.5) is 0 Å². The first-order valence-electron chi connectivity index (χ1n) is 8.89. The van der Waals surface area contributed by atoms with Gasteiger partial charge < -0.3 is 19.4 Å². The fourth-order valence-electron chi connectivity index (χ4n) is 3.52. The van der Waals surface area contributed by atoms with E-state index in [0.29, 0.717) is 12.3 Å². The number of hydrogen-bond acceptors (Lipinski definition) is 5. The second kappa shape index (κ2) is 7.45. The fourth-order valence-corrected chi connectivity index (χ4v) is 3.52. The Balaban J connectivity index is 1.92. The molecule has 0 unspecified atom stereocenters. The van der Waals surface area contributed by atoms with E-state index in [0.717, 1.165) is 60.6 Å². The molecule has 0 bridgehead atoms. The molecule has 0 spiro atoms. The van der Waals surface area contributed by atoms with E-state index in [2.05, 4.69) is 28.6 Å². The Kier molecular flexibility index (Phi) is 5.30. The first kappa shape index (κ1) is 17.8. The second-order valence-corrected chi connectivity index (χ2v) is 6.43. The van der Waals surface area contributed by atoms with Gasteiger partial charge >= 0.3 is 5.97 Å². The minimum Gasteiger partial charge on any atom is -0.478 e. The lowest BCUT2D eigenvalue weighted by molar-refractivity contribution is 0.0601. The van der Waals surface area contributed by atoms with E-state index in [4.69, 9.17) is 9.47 Å². The number of esters is 1. The van der Waals surface area contributed by atoms with Gasteiger partial charge in [-0.15, -0.1) is 0 Å². The molecular formula is C19H27N3O3. The van der Waals surface area contributed by atoms with E-state index in [1.807, 2.05) is 19.1 Å². The summed E-state index contributed by atoms with van der Waals surface area (Å²) in [5.41, 5.74) is 3.46. The number of ether oxygens (including phenoxy) is 2.